The molecule has 0 spiro atoms. The minimum absolute atomic E-state index is 0.501. The number of ether oxygens (including phenoxy) is 1. The van der Waals surface area contributed by atoms with Gasteiger partial charge in [0, 0.05) is 5.56 Å². The molecule has 9 heteroatoms. The van der Waals surface area contributed by atoms with E-state index < -0.39 is 0 Å². The maximum absolute atomic E-state index is 5.47. The lowest BCUT2D eigenvalue weighted by molar-refractivity contribution is 0.391. The Balaban J connectivity index is 1.36. The molecule has 3 heterocycles. The number of aromatic nitrogens is 5. The van der Waals surface area contributed by atoms with Gasteiger partial charge >= 0.3 is 0 Å². The summed E-state index contributed by atoms with van der Waals surface area (Å²) in [4.78, 5) is 5.61. The Kier molecular flexibility index (Phi) is 6.00. The molecule has 0 saturated carbocycles. The number of thiophene rings is 1. The van der Waals surface area contributed by atoms with Crippen molar-refractivity contribution in [1.82, 2.24) is 24.9 Å². The minimum Gasteiger partial charge on any atom is -0.497 e. The van der Waals surface area contributed by atoms with Gasteiger partial charge in [-0.3, -0.25) is 4.57 Å². The van der Waals surface area contributed by atoms with Crippen molar-refractivity contribution < 1.29 is 9.26 Å². The molecule has 7 nitrogen and oxygen atoms in total. The summed E-state index contributed by atoms with van der Waals surface area (Å²) in [6, 6.07) is 21.9. The fraction of sp³-hybridized carbons (Fsp3) is 0.130. The molecule has 32 heavy (non-hydrogen) atoms. The normalized spacial score (nSPS) is 11.0. The van der Waals surface area contributed by atoms with Crippen LogP contribution in [0.1, 0.15) is 11.5 Å². The van der Waals surface area contributed by atoms with Gasteiger partial charge in [-0.15, -0.1) is 21.5 Å². The predicted molar refractivity (Wildman–Crippen MR) is 125 cm³/mol. The summed E-state index contributed by atoms with van der Waals surface area (Å²) in [6.07, 6.45) is 0. The highest BCUT2D eigenvalue weighted by atomic mass is 32.2. The van der Waals surface area contributed by atoms with E-state index in [0.717, 1.165) is 27.2 Å². The lowest BCUT2D eigenvalue weighted by atomic mass is 10.2. The minimum atomic E-state index is 0.501. The van der Waals surface area contributed by atoms with E-state index in [9.17, 15) is 0 Å². The molecule has 0 aliphatic heterocycles. The number of methoxy groups -OCH3 is 1. The summed E-state index contributed by atoms with van der Waals surface area (Å²) >= 11 is 3.18. The highest BCUT2D eigenvalue weighted by Gasteiger charge is 2.17. The van der Waals surface area contributed by atoms with E-state index >= 15 is 0 Å². The molecule has 0 atom stereocenters. The topological polar surface area (TPSA) is 78.9 Å². The lowest BCUT2D eigenvalue weighted by Crippen LogP contribution is -2.03. The van der Waals surface area contributed by atoms with Crippen molar-refractivity contribution in [3.63, 3.8) is 0 Å². The first-order chi connectivity index (χ1) is 15.8. The van der Waals surface area contributed by atoms with Crippen LogP contribution in [0.15, 0.2) is 81.8 Å². The van der Waals surface area contributed by atoms with Crippen LogP contribution in [0, 0.1) is 0 Å². The number of thioether (sulfide) groups is 1. The van der Waals surface area contributed by atoms with Crippen molar-refractivity contribution in [3.05, 3.63) is 83.6 Å². The number of hydrogen-bond acceptors (Lipinski definition) is 8. The van der Waals surface area contributed by atoms with Crippen LogP contribution in [0.25, 0.3) is 22.1 Å². The predicted octanol–water partition coefficient (Wildman–Crippen LogP) is 5.41. The van der Waals surface area contributed by atoms with Crippen LogP contribution >= 0.6 is 23.1 Å². The summed E-state index contributed by atoms with van der Waals surface area (Å²) in [5.74, 6) is 3.23. The molecule has 0 radical (unpaired) electrons. The van der Waals surface area contributed by atoms with Crippen LogP contribution < -0.4 is 4.74 Å². The number of hydrogen-bond donors (Lipinski definition) is 0. The molecule has 0 bridgehead atoms. The fourth-order valence-electron chi connectivity index (χ4n) is 3.19. The van der Waals surface area contributed by atoms with Crippen molar-refractivity contribution in [2.24, 2.45) is 0 Å². The Labute approximate surface area is 193 Å². The third kappa shape index (κ3) is 4.44. The average molecular weight is 462 g/mol. The first-order valence-corrected chi connectivity index (χ1v) is 11.8. The highest BCUT2D eigenvalue weighted by molar-refractivity contribution is 7.98. The maximum Gasteiger partial charge on any atom is 0.237 e. The van der Waals surface area contributed by atoms with Crippen LogP contribution in [-0.2, 0) is 12.3 Å². The van der Waals surface area contributed by atoms with E-state index in [1.165, 1.54) is 17.3 Å². The van der Waals surface area contributed by atoms with E-state index in [-0.39, 0.29) is 0 Å². The number of rotatable bonds is 8. The van der Waals surface area contributed by atoms with Gasteiger partial charge in [0.15, 0.2) is 11.0 Å². The highest BCUT2D eigenvalue weighted by Crippen LogP contribution is 2.30. The average Bonchev–Trinajstić information content (AvgIpc) is 3.60. The third-order valence-electron chi connectivity index (χ3n) is 4.78. The number of benzene rings is 2. The Bertz CT molecular complexity index is 1280. The van der Waals surface area contributed by atoms with Crippen LogP contribution in [-0.4, -0.2) is 32.0 Å². The van der Waals surface area contributed by atoms with Gasteiger partial charge in [0.1, 0.15) is 5.75 Å². The fourth-order valence-corrected chi connectivity index (χ4v) is 4.68. The molecule has 0 aliphatic rings. The molecule has 5 rings (SSSR count). The van der Waals surface area contributed by atoms with E-state index in [1.54, 1.807) is 18.4 Å². The van der Waals surface area contributed by atoms with Crippen molar-refractivity contribution in [3.8, 4) is 27.8 Å². The second-order valence-electron chi connectivity index (χ2n) is 6.88. The second-order valence-corrected chi connectivity index (χ2v) is 8.77. The zero-order valence-electron chi connectivity index (χ0n) is 17.2. The zero-order chi connectivity index (χ0) is 21.8. The van der Waals surface area contributed by atoms with Gasteiger partial charge in [0.05, 0.1) is 24.3 Å². The van der Waals surface area contributed by atoms with E-state index in [1.807, 2.05) is 53.9 Å². The Morgan fingerprint density at radius 1 is 1.00 bits per heavy atom. The first kappa shape index (κ1) is 20.5. The molecule has 0 amide bonds. The van der Waals surface area contributed by atoms with Gasteiger partial charge in [-0.25, -0.2) is 0 Å². The number of nitrogens with zero attached hydrogens (tertiary/aromatic N) is 5. The monoisotopic (exact) mass is 461 g/mol. The van der Waals surface area contributed by atoms with Crippen LogP contribution in [0.4, 0.5) is 0 Å². The van der Waals surface area contributed by atoms with E-state index in [2.05, 4.69) is 43.1 Å². The summed E-state index contributed by atoms with van der Waals surface area (Å²) in [5.41, 5.74) is 2.06. The largest absolute Gasteiger partial charge is 0.497 e. The molecule has 5 aromatic rings. The summed E-state index contributed by atoms with van der Waals surface area (Å²) < 4.78 is 12.8. The maximum atomic E-state index is 5.47. The van der Waals surface area contributed by atoms with Crippen molar-refractivity contribution in [2.75, 3.05) is 7.11 Å². The molecule has 0 saturated heterocycles. The van der Waals surface area contributed by atoms with Crippen molar-refractivity contribution >= 4 is 23.1 Å². The van der Waals surface area contributed by atoms with Gasteiger partial charge < -0.3 is 9.26 Å². The molecular formula is C23H19N5O2S2. The smallest absolute Gasteiger partial charge is 0.237 e. The first-order valence-electron chi connectivity index (χ1n) is 9.91. The zero-order valence-corrected chi connectivity index (χ0v) is 18.8. The van der Waals surface area contributed by atoms with Gasteiger partial charge in [-0.2, -0.15) is 4.98 Å². The van der Waals surface area contributed by atoms with E-state index in [4.69, 9.17) is 9.26 Å². The molecule has 160 valence electrons. The van der Waals surface area contributed by atoms with Crippen molar-refractivity contribution in [1.29, 1.82) is 0 Å². The quantitative estimate of drug-likeness (QED) is 0.286. The van der Waals surface area contributed by atoms with E-state index in [0.29, 0.717) is 24.0 Å². The molecule has 0 N–H and O–H groups in total. The van der Waals surface area contributed by atoms with Gasteiger partial charge in [-0.05, 0) is 41.3 Å². The lowest BCUT2D eigenvalue weighted by Gasteiger charge is -2.09. The summed E-state index contributed by atoms with van der Waals surface area (Å²) in [7, 11) is 1.64. The third-order valence-corrected chi connectivity index (χ3v) is 6.60. The van der Waals surface area contributed by atoms with Crippen LogP contribution in [0.3, 0.4) is 0 Å². The Hall–Kier alpha value is -3.43. The van der Waals surface area contributed by atoms with Gasteiger partial charge in [0.2, 0.25) is 11.7 Å². The summed E-state index contributed by atoms with van der Waals surface area (Å²) in [5, 5.41) is 15.9. The van der Waals surface area contributed by atoms with Gasteiger partial charge in [-0.1, -0.05) is 53.3 Å². The molecule has 3 aromatic heterocycles. The second kappa shape index (κ2) is 9.37. The van der Waals surface area contributed by atoms with Gasteiger partial charge in [0.25, 0.3) is 0 Å². The molecule has 2 aromatic carbocycles. The Morgan fingerprint density at radius 2 is 1.84 bits per heavy atom. The molecular weight excluding hydrogens is 442 g/mol. The molecule has 0 aliphatic carbocycles. The Morgan fingerprint density at radius 3 is 2.59 bits per heavy atom. The van der Waals surface area contributed by atoms with Crippen molar-refractivity contribution in [2.45, 2.75) is 17.5 Å². The van der Waals surface area contributed by atoms with Crippen LogP contribution in [0.2, 0.25) is 0 Å². The van der Waals surface area contributed by atoms with Crippen LogP contribution in [0.5, 0.6) is 5.75 Å². The SMILES string of the molecule is COc1ccc(-c2noc(CSc3nnc(-c4cccs4)n3Cc3ccccc3)n2)cc1. The molecule has 0 unspecified atom stereocenters. The molecule has 0 fully saturated rings. The standard InChI is InChI=1S/C23H19N5O2S2/c1-29-18-11-9-17(10-12-18)21-24-20(30-27-21)15-32-23-26-25-22(19-8-5-13-31-19)28(23)14-16-6-3-2-4-7-16/h2-13H,14-15H2,1H3. The summed E-state index contributed by atoms with van der Waals surface area (Å²) in [6.45, 7) is 0.685.